The van der Waals surface area contributed by atoms with Crippen molar-refractivity contribution in [2.45, 2.75) is 51.2 Å². The summed E-state index contributed by atoms with van der Waals surface area (Å²) in [6.07, 6.45) is 5.87. The average Bonchev–Trinajstić information content (AvgIpc) is 2.44. The van der Waals surface area contributed by atoms with Crippen LogP contribution in [-0.2, 0) is 4.74 Å². The molecule has 0 amide bonds. The Kier molecular flexibility index (Phi) is 5.80. The Balaban J connectivity index is 2.01. The third-order valence-electron chi connectivity index (χ3n) is 3.66. The highest BCUT2D eigenvalue weighted by Gasteiger charge is 2.20. The molecule has 1 aromatic carbocycles. The van der Waals surface area contributed by atoms with E-state index in [1.54, 1.807) is 12.1 Å². The van der Waals surface area contributed by atoms with Crippen molar-refractivity contribution in [3.8, 4) is 0 Å². The number of hydrogen-bond donors (Lipinski definition) is 1. The Hall–Kier alpha value is -0.930. The lowest BCUT2D eigenvalue weighted by Gasteiger charge is -2.28. The molecule has 2 nitrogen and oxygen atoms in total. The molecule has 0 radical (unpaired) electrons. The van der Waals surface area contributed by atoms with E-state index in [0.717, 1.165) is 38.0 Å². The van der Waals surface area contributed by atoms with Crippen molar-refractivity contribution in [3.05, 3.63) is 35.6 Å². The molecule has 1 aromatic rings. The molecule has 19 heavy (non-hydrogen) atoms. The van der Waals surface area contributed by atoms with Crippen molar-refractivity contribution >= 4 is 0 Å². The van der Waals surface area contributed by atoms with Crippen molar-refractivity contribution in [3.63, 3.8) is 0 Å². The molecule has 1 aliphatic heterocycles. The predicted molar refractivity (Wildman–Crippen MR) is 75.6 cm³/mol. The second-order valence-corrected chi connectivity index (χ2v) is 5.29. The summed E-state index contributed by atoms with van der Waals surface area (Å²) in [7, 11) is 0. The van der Waals surface area contributed by atoms with E-state index in [2.05, 4.69) is 12.2 Å². The Morgan fingerprint density at radius 3 is 3.00 bits per heavy atom. The smallest absolute Gasteiger partial charge is 0.123 e. The Morgan fingerprint density at radius 1 is 1.42 bits per heavy atom. The zero-order valence-corrected chi connectivity index (χ0v) is 11.7. The average molecular weight is 265 g/mol. The second kappa shape index (κ2) is 7.61. The van der Waals surface area contributed by atoms with Crippen LogP contribution in [0.4, 0.5) is 4.39 Å². The Labute approximate surface area is 115 Å². The summed E-state index contributed by atoms with van der Waals surface area (Å²) in [4.78, 5) is 0. The molecule has 2 unspecified atom stereocenters. The molecule has 0 spiro atoms. The highest BCUT2D eigenvalue weighted by Crippen LogP contribution is 2.25. The zero-order valence-electron chi connectivity index (χ0n) is 11.7. The molecule has 0 bridgehead atoms. The standard InChI is InChI=1S/C16H24FNO/c1-2-9-18-16(12-15-8-3-4-10-19-15)13-6-5-7-14(17)11-13/h5-7,11,15-16,18H,2-4,8-10,12H2,1H3. The maximum absolute atomic E-state index is 13.4. The van der Waals surface area contributed by atoms with Gasteiger partial charge in [0.25, 0.3) is 0 Å². The maximum atomic E-state index is 13.4. The molecule has 2 atom stereocenters. The normalized spacial score (nSPS) is 21.3. The molecule has 106 valence electrons. The van der Waals surface area contributed by atoms with Gasteiger partial charge in [0.15, 0.2) is 0 Å². The first kappa shape index (κ1) is 14.5. The third-order valence-corrected chi connectivity index (χ3v) is 3.66. The Morgan fingerprint density at radius 2 is 2.32 bits per heavy atom. The van der Waals surface area contributed by atoms with Crippen molar-refractivity contribution in [2.75, 3.05) is 13.2 Å². The van der Waals surface area contributed by atoms with E-state index in [-0.39, 0.29) is 11.9 Å². The van der Waals surface area contributed by atoms with Gasteiger partial charge in [0.1, 0.15) is 5.82 Å². The van der Waals surface area contributed by atoms with E-state index in [1.165, 1.54) is 18.9 Å². The first-order valence-corrected chi connectivity index (χ1v) is 7.40. The van der Waals surface area contributed by atoms with Crippen molar-refractivity contribution in [1.29, 1.82) is 0 Å². The molecule has 0 saturated carbocycles. The molecular weight excluding hydrogens is 241 g/mol. The second-order valence-electron chi connectivity index (χ2n) is 5.29. The van der Waals surface area contributed by atoms with Crippen LogP contribution in [0.3, 0.4) is 0 Å². The van der Waals surface area contributed by atoms with Gasteiger partial charge < -0.3 is 10.1 Å². The van der Waals surface area contributed by atoms with Gasteiger partial charge in [-0.3, -0.25) is 0 Å². The van der Waals surface area contributed by atoms with E-state index in [1.807, 2.05) is 6.07 Å². The number of rotatable bonds is 6. The van der Waals surface area contributed by atoms with Gasteiger partial charge in [0.05, 0.1) is 6.10 Å². The lowest BCUT2D eigenvalue weighted by Crippen LogP contribution is -2.29. The Bertz CT molecular complexity index is 377. The number of ether oxygens (including phenoxy) is 1. The van der Waals surface area contributed by atoms with Gasteiger partial charge in [-0.05, 0) is 56.3 Å². The van der Waals surface area contributed by atoms with Gasteiger partial charge in [-0.2, -0.15) is 0 Å². The molecule has 1 saturated heterocycles. The summed E-state index contributed by atoms with van der Waals surface area (Å²) in [5, 5.41) is 3.51. The highest BCUT2D eigenvalue weighted by atomic mass is 19.1. The molecule has 1 N–H and O–H groups in total. The molecule has 3 heteroatoms. The minimum Gasteiger partial charge on any atom is -0.378 e. The van der Waals surface area contributed by atoms with Crippen LogP contribution in [0.25, 0.3) is 0 Å². The molecule has 1 aliphatic rings. The predicted octanol–water partition coefficient (Wildman–Crippen LogP) is 3.83. The summed E-state index contributed by atoms with van der Waals surface area (Å²) in [5.74, 6) is -0.162. The lowest BCUT2D eigenvalue weighted by molar-refractivity contribution is 0.00503. The number of benzene rings is 1. The van der Waals surface area contributed by atoms with Crippen molar-refractivity contribution in [1.82, 2.24) is 5.32 Å². The molecule has 0 aliphatic carbocycles. The van der Waals surface area contributed by atoms with E-state index < -0.39 is 0 Å². The van der Waals surface area contributed by atoms with Crippen molar-refractivity contribution in [2.24, 2.45) is 0 Å². The van der Waals surface area contributed by atoms with E-state index in [0.29, 0.717) is 6.10 Å². The fourth-order valence-corrected chi connectivity index (χ4v) is 2.64. The number of hydrogen-bond acceptors (Lipinski definition) is 2. The van der Waals surface area contributed by atoms with Gasteiger partial charge in [-0.15, -0.1) is 0 Å². The van der Waals surface area contributed by atoms with Crippen LogP contribution >= 0.6 is 0 Å². The molecule has 0 aromatic heterocycles. The number of halogens is 1. The zero-order chi connectivity index (χ0) is 13.5. The summed E-state index contributed by atoms with van der Waals surface area (Å²) in [5.41, 5.74) is 1.03. The van der Waals surface area contributed by atoms with Gasteiger partial charge in [-0.1, -0.05) is 19.1 Å². The van der Waals surface area contributed by atoms with Crippen molar-refractivity contribution < 1.29 is 9.13 Å². The summed E-state index contributed by atoms with van der Waals surface area (Å²) >= 11 is 0. The largest absolute Gasteiger partial charge is 0.378 e. The van der Waals surface area contributed by atoms with Crippen LogP contribution in [0, 0.1) is 5.82 Å². The third kappa shape index (κ3) is 4.59. The lowest BCUT2D eigenvalue weighted by atomic mass is 9.96. The van der Waals surface area contributed by atoms with Crippen LogP contribution in [0.15, 0.2) is 24.3 Å². The SMILES string of the molecule is CCCNC(CC1CCCCO1)c1cccc(F)c1. The van der Waals surface area contributed by atoms with Gasteiger partial charge in [0, 0.05) is 12.6 Å². The van der Waals surface area contributed by atoms with E-state index >= 15 is 0 Å². The molecule has 1 heterocycles. The maximum Gasteiger partial charge on any atom is 0.123 e. The first-order valence-electron chi connectivity index (χ1n) is 7.40. The van der Waals surface area contributed by atoms with Crippen LogP contribution < -0.4 is 5.32 Å². The van der Waals surface area contributed by atoms with Gasteiger partial charge >= 0.3 is 0 Å². The molecule has 2 rings (SSSR count). The first-order chi connectivity index (χ1) is 9.29. The van der Waals surface area contributed by atoms with E-state index in [9.17, 15) is 4.39 Å². The fraction of sp³-hybridized carbons (Fsp3) is 0.625. The summed E-state index contributed by atoms with van der Waals surface area (Å²) in [6.45, 7) is 3.97. The summed E-state index contributed by atoms with van der Waals surface area (Å²) < 4.78 is 19.2. The van der Waals surface area contributed by atoms with Crippen LogP contribution in [-0.4, -0.2) is 19.3 Å². The number of nitrogens with one attached hydrogen (secondary N) is 1. The van der Waals surface area contributed by atoms with E-state index in [4.69, 9.17) is 4.74 Å². The van der Waals surface area contributed by atoms with Gasteiger partial charge in [-0.25, -0.2) is 4.39 Å². The van der Waals surface area contributed by atoms with Gasteiger partial charge in [0.2, 0.25) is 0 Å². The van der Waals surface area contributed by atoms with Crippen LogP contribution in [0.5, 0.6) is 0 Å². The van der Waals surface area contributed by atoms with Crippen LogP contribution in [0.2, 0.25) is 0 Å². The summed E-state index contributed by atoms with van der Waals surface area (Å²) in [6, 6.07) is 7.11. The monoisotopic (exact) mass is 265 g/mol. The van der Waals surface area contributed by atoms with Crippen LogP contribution in [0.1, 0.15) is 50.6 Å². The molecule has 1 fully saturated rings. The minimum atomic E-state index is -0.162. The fourth-order valence-electron chi connectivity index (χ4n) is 2.64. The minimum absolute atomic E-state index is 0.162. The highest BCUT2D eigenvalue weighted by molar-refractivity contribution is 5.20. The molecular formula is C16H24FNO. The topological polar surface area (TPSA) is 21.3 Å². The quantitative estimate of drug-likeness (QED) is 0.844.